The topological polar surface area (TPSA) is 26.0 Å². The molecule has 0 aromatic heterocycles. The Morgan fingerprint density at radius 3 is 2.50 bits per heavy atom. The first-order valence-electron chi connectivity index (χ1n) is 6.93. The van der Waals surface area contributed by atoms with Gasteiger partial charge in [0.05, 0.1) is 0 Å². The average molecular weight is 266 g/mol. The van der Waals surface area contributed by atoms with Gasteiger partial charge in [0.15, 0.2) is 0 Å². The van der Waals surface area contributed by atoms with E-state index in [1.807, 2.05) is 12.1 Å². The first-order valence-corrected chi connectivity index (χ1v) is 7.31. The summed E-state index contributed by atoms with van der Waals surface area (Å²) in [6.45, 7) is 6.88. The molecule has 1 saturated carbocycles. The highest BCUT2D eigenvalue weighted by Crippen LogP contribution is 2.43. The Kier molecular flexibility index (Phi) is 4.03. The van der Waals surface area contributed by atoms with Crippen LogP contribution in [0.2, 0.25) is 5.02 Å². The molecule has 0 spiro atoms. The van der Waals surface area contributed by atoms with Crippen LogP contribution in [-0.2, 0) is 5.41 Å². The predicted octanol–water partition coefficient (Wildman–Crippen LogP) is 4.38. The summed E-state index contributed by atoms with van der Waals surface area (Å²) in [5.41, 5.74) is 7.69. The van der Waals surface area contributed by atoms with Crippen LogP contribution in [-0.4, -0.2) is 6.04 Å². The van der Waals surface area contributed by atoms with Crippen molar-refractivity contribution in [2.24, 2.45) is 17.6 Å². The van der Waals surface area contributed by atoms with E-state index in [0.717, 1.165) is 17.4 Å². The maximum absolute atomic E-state index is 6.40. The molecule has 2 N–H and O–H groups in total. The van der Waals surface area contributed by atoms with Crippen LogP contribution in [0.3, 0.4) is 0 Å². The van der Waals surface area contributed by atoms with Crippen LogP contribution in [0.15, 0.2) is 24.3 Å². The number of hydrogen-bond acceptors (Lipinski definition) is 1. The van der Waals surface area contributed by atoms with Crippen molar-refractivity contribution >= 4 is 11.6 Å². The van der Waals surface area contributed by atoms with Gasteiger partial charge in [0.1, 0.15) is 0 Å². The second kappa shape index (κ2) is 5.22. The number of nitrogens with two attached hydrogens (primary N) is 1. The molecule has 0 aliphatic heterocycles. The molecule has 18 heavy (non-hydrogen) atoms. The van der Waals surface area contributed by atoms with Gasteiger partial charge in [0.2, 0.25) is 0 Å². The molecule has 1 aliphatic carbocycles. The zero-order valence-electron chi connectivity index (χ0n) is 11.6. The van der Waals surface area contributed by atoms with Crippen LogP contribution in [0.1, 0.15) is 45.6 Å². The van der Waals surface area contributed by atoms with E-state index in [1.165, 1.54) is 18.4 Å². The van der Waals surface area contributed by atoms with Gasteiger partial charge >= 0.3 is 0 Å². The predicted molar refractivity (Wildman–Crippen MR) is 79.0 cm³/mol. The number of rotatable bonds is 2. The van der Waals surface area contributed by atoms with Gasteiger partial charge in [-0.25, -0.2) is 0 Å². The van der Waals surface area contributed by atoms with E-state index in [9.17, 15) is 0 Å². The zero-order chi connectivity index (χ0) is 13.3. The zero-order valence-corrected chi connectivity index (χ0v) is 12.4. The summed E-state index contributed by atoms with van der Waals surface area (Å²) < 4.78 is 0. The number of halogens is 1. The minimum Gasteiger partial charge on any atom is -0.327 e. The molecule has 2 heteroatoms. The van der Waals surface area contributed by atoms with Crippen LogP contribution < -0.4 is 5.73 Å². The highest BCUT2D eigenvalue weighted by molar-refractivity contribution is 6.31. The molecule has 3 unspecified atom stereocenters. The van der Waals surface area contributed by atoms with Crippen LogP contribution in [0.5, 0.6) is 0 Å². The summed E-state index contributed by atoms with van der Waals surface area (Å²) in [7, 11) is 0. The van der Waals surface area contributed by atoms with Crippen molar-refractivity contribution in [2.45, 2.75) is 51.5 Å². The van der Waals surface area contributed by atoms with Crippen molar-refractivity contribution in [3.63, 3.8) is 0 Å². The molecule has 2 rings (SSSR count). The minimum atomic E-state index is 0.0535. The highest BCUT2D eigenvalue weighted by Gasteiger charge is 2.39. The fourth-order valence-corrected chi connectivity index (χ4v) is 3.88. The van der Waals surface area contributed by atoms with Gasteiger partial charge in [0, 0.05) is 11.1 Å². The van der Waals surface area contributed by atoms with Crippen LogP contribution in [0.4, 0.5) is 0 Å². The summed E-state index contributed by atoms with van der Waals surface area (Å²) in [6, 6.07) is 8.48. The molecule has 0 radical (unpaired) electrons. The maximum Gasteiger partial charge on any atom is 0.0443 e. The molecular formula is C16H24ClN. The van der Waals surface area contributed by atoms with Gasteiger partial charge in [-0.2, -0.15) is 0 Å². The van der Waals surface area contributed by atoms with E-state index in [0.29, 0.717) is 12.0 Å². The third kappa shape index (κ3) is 2.57. The second-order valence-corrected chi connectivity index (χ2v) is 6.80. The van der Waals surface area contributed by atoms with Gasteiger partial charge < -0.3 is 5.73 Å². The van der Waals surface area contributed by atoms with Crippen LogP contribution in [0, 0.1) is 11.8 Å². The molecule has 100 valence electrons. The number of benzene rings is 1. The normalized spacial score (nSPS) is 29.3. The quantitative estimate of drug-likeness (QED) is 0.844. The third-order valence-corrected chi connectivity index (χ3v) is 4.99. The molecule has 3 atom stereocenters. The van der Waals surface area contributed by atoms with E-state index in [1.54, 1.807) is 0 Å². The Morgan fingerprint density at radius 2 is 1.89 bits per heavy atom. The lowest BCUT2D eigenvalue weighted by atomic mass is 9.64. The first kappa shape index (κ1) is 13.9. The van der Waals surface area contributed by atoms with E-state index in [4.69, 9.17) is 17.3 Å². The van der Waals surface area contributed by atoms with Crippen molar-refractivity contribution in [1.29, 1.82) is 0 Å². The molecule has 1 aromatic carbocycles. The molecule has 1 nitrogen and oxygen atoms in total. The molecule has 0 heterocycles. The largest absolute Gasteiger partial charge is 0.327 e. The third-order valence-electron chi connectivity index (χ3n) is 4.66. The monoisotopic (exact) mass is 265 g/mol. The van der Waals surface area contributed by atoms with E-state index in [2.05, 4.69) is 32.9 Å². The Bertz CT molecular complexity index is 413. The van der Waals surface area contributed by atoms with Crippen molar-refractivity contribution in [2.75, 3.05) is 0 Å². The van der Waals surface area contributed by atoms with Gasteiger partial charge in [-0.05, 0) is 41.7 Å². The lowest BCUT2D eigenvalue weighted by molar-refractivity contribution is 0.171. The van der Waals surface area contributed by atoms with Gasteiger partial charge in [-0.1, -0.05) is 57.0 Å². The van der Waals surface area contributed by atoms with Crippen molar-refractivity contribution in [3.05, 3.63) is 34.9 Å². The lowest BCUT2D eigenvalue weighted by Gasteiger charge is -2.43. The summed E-state index contributed by atoms with van der Waals surface area (Å²) in [4.78, 5) is 0. The van der Waals surface area contributed by atoms with Crippen LogP contribution >= 0.6 is 11.6 Å². The Hall–Kier alpha value is -0.530. The summed E-state index contributed by atoms with van der Waals surface area (Å²) in [5, 5.41) is 0.869. The molecule has 0 saturated heterocycles. The van der Waals surface area contributed by atoms with E-state index < -0.39 is 0 Å². The molecule has 0 bridgehead atoms. The first-order chi connectivity index (χ1) is 8.43. The molecule has 1 fully saturated rings. The van der Waals surface area contributed by atoms with E-state index in [-0.39, 0.29) is 5.41 Å². The standard InChI is InChI=1S/C16H24ClN/c1-11-8-9-13(15(18)10-11)16(2,3)12-6-4-5-7-14(12)17/h4-7,11,13,15H,8-10,18H2,1-3H3. The maximum atomic E-state index is 6.40. The van der Waals surface area contributed by atoms with Crippen molar-refractivity contribution in [3.8, 4) is 0 Å². The Morgan fingerprint density at radius 1 is 1.22 bits per heavy atom. The van der Waals surface area contributed by atoms with Crippen molar-refractivity contribution in [1.82, 2.24) is 0 Å². The summed E-state index contributed by atoms with van der Waals surface area (Å²) >= 11 is 6.36. The average Bonchev–Trinajstić information content (AvgIpc) is 2.28. The fraction of sp³-hybridized carbons (Fsp3) is 0.625. The van der Waals surface area contributed by atoms with Crippen molar-refractivity contribution < 1.29 is 0 Å². The van der Waals surface area contributed by atoms with Crippen LogP contribution in [0.25, 0.3) is 0 Å². The van der Waals surface area contributed by atoms with Gasteiger partial charge in [0.25, 0.3) is 0 Å². The molecule has 1 aromatic rings. The SMILES string of the molecule is CC1CCC(C(C)(C)c2ccccc2Cl)C(N)C1. The summed E-state index contributed by atoms with van der Waals surface area (Å²) in [5.74, 6) is 1.28. The fourth-order valence-electron chi connectivity index (χ4n) is 3.50. The highest BCUT2D eigenvalue weighted by atomic mass is 35.5. The second-order valence-electron chi connectivity index (χ2n) is 6.39. The van der Waals surface area contributed by atoms with E-state index >= 15 is 0 Å². The van der Waals surface area contributed by atoms with Gasteiger partial charge in [-0.15, -0.1) is 0 Å². The minimum absolute atomic E-state index is 0.0535. The smallest absolute Gasteiger partial charge is 0.0443 e. The Balaban J connectivity index is 2.28. The number of hydrogen-bond donors (Lipinski definition) is 1. The van der Waals surface area contributed by atoms with Gasteiger partial charge in [-0.3, -0.25) is 0 Å². The molecule has 0 amide bonds. The molecular weight excluding hydrogens is 242 g/mol. The lowest BCUT2D eigenvalue weighted by Crippen LogP contribution is -2.45. The molecule has 1 aliphatic rings. The Labute approximate surface area is 116 Å². The summed E-state index contributed by atoms with van der Waals surface area (Å²) in [6.07, 6.45) is 3.63.